The van der Waals surface area contributed by atoms with Crippen LogP contribution in [0.5, 0.6) is 0 Å². The summed E-state index contributed by atoms with van der Waals surface area (Å²) in [6.07, 6.45) is 0.188. The van der Waals surface area contributed by atoms with E-state index in [1.165, 1.54) is 12.1 Å². The number of rotatable bonds is 4. The molecule has 2 heterocycles. The number of carbonyl (C=O) groups is 1. The summed E-state index contributed by atoms with van der Waals surface area (Å²) in [5.74, 6) is -3.00. The molecule has 1 amide bonds. The van der Waals surface area contributed by atoms with Crippen LogP contribution < -0.4 is 10.2 Å². The van der Waals surface area contributed by atoms with Crippen molar-refractivity contribution in [2.75, 3.05) is 23.4 Å². The van der Waals surface area contributed by atoms with E-state index < -0.39 is 29.6 Å². The van der Waals surface area contributed by atoms with E-state index in [2.05, 4.69) is 15.3 Å². The molecular weight excluding hydrogens is 325 g/mol. The van der Waals surface area contributed by atoms with E-state index in [4.69, 9.17) is 4.74 Å². The number of aromatic nitrogens is 2. The number of ether oxygens (including phenoxy) is 1. The Hall–Kier alpha value is -2.84. The average Bonchev–Trinajstić information content (AvgIpc) is 2.97. The number of halogens is 3. The third-order valence-electron chi connectivity index (χ3n) is 3.54. The van der Waals surface area contributed by atoms with E-state index in [9.17, 15) is 18.0 Å². The van der Waals surface area contributed by atoms with Crippen LogP contribution in [0.1, 0.15) is 18.5 Å². The van der Waals surface area contributed by atoms with Crippen molar-refractivity contribution >= 4 is 17.9 Å². The molecule has 6 nitrogen and oxygen atoms in total. The molecule has 0 radical (unpaired) electrons. The molecule has 1 unspecified atom stereocenters. The Balaban J connectivity index is 1.85. The maximum Gasteiger partial charge on any atom is 0.415 e. The lowest BCUT2D eigenvalue weighted by Gasteiger charge is -2.17. The minimum atomic E-state index is -0.983. The fraction of sp³-hybridized carbons (Fsp3) is 0.267. The van der Waals surface area contributed by atoms with Crippen LogP contribution in [0.4, 0.5) is 29.7 Å². The summed E-state index contributed by atoms with van der Waals surface area (Å²) in [7, 11) is 0. The van der Waals surface area contributed by atoms with Crippen molar-refractivity contribution in [3.05, 3.63) is 47.4 Å². The Morgan fingerprint density at radius 3 is 2.79 bits per heavy atom. The van der Waals surface area contributed by atoms with Crippen LogP contribution in [-0.4, -0.2) is 29.2 Å². The van der Waals surface area contributed by atoms with E-state index >= 15 is 0 Å². The van der Waals surface area contributed by atoms with Gasteiger partial charge < -0.3 is 10.1 Å². The van der Waals surface area contributed by atoms with Crippen molar-refractivity contribution in [1.29, 1.82) is 0 Å². The van der Waals surface area contributed by atoms with Crippen LogP contribution in [0, 0.1) is 17.5 Å². The average molecular weight is 338 g/mol. The number of anilines is 2. The van der Waals surface area contributed by atoms with Crippen LogP contribution in [-0.2, 0) is 4.74 Å². The van der Waals surface area contributed by atoms with Gasteiger partial charge in [0.05, 0.1) is 18.8 Å². The van der Waals surface area contributed by atoms with Crippen molar-refractivity contribution in [2.45, 2.75) is 13.0 Å². The third kappa shape index (κ3) is 2.97. The molecule has 0 aliphatic carbocycles. The van der Waals surface area contributed by atoms with Gasteiger partial charge in [-0.05, 0) is 13.0 Å². The van der Waals surface area contributed by atoms with E-state index in [0.717, 1.165) is 17.2 Å². The Bertz CT molecular complexity index is 787. The molecule has 1 aromatic heterocycles. The lowest BCUT2D eigenvalue weighted by Crippen LogP contribution is -2.26. The molecule has 1 aliphatic rings. The maximum atomic E-state index is 13.9. The second-order valence-corrected chi connectivity index (χ2v) is 5.14. The van der Waals surface area contributed by atoms with E-state index in [1.54, 1.807) is 6.92 Å². The second kappa shape index (κ2) is 6.34. The number of amides is 1. The Morgan fingerprint density at radius 2 is 2.08 bits per heavy atom. The number of nitrogens with one attached hydrogen (secondary N) is 1. The van der Waals surface area contributed by atoms with Gasteiger partial charge in [-0.25, -0.2) is 22.9 Å². The lowest BCUT2D eigenvalue weighted by molar-refractivity contribution is 0.181. The predicted octanol–water partition coefficient (Wildman–Crippen LogP) is 3.02. The second-order valence-electron chi connectivity index (χ2n) is 5.14. The number of nitrogens with zero attached hydrogens (tertiary/aromatic N) is 3. The Kier molecular flexibility index (Phi) is 4.24. The molecule has 2 aromatic rings. The molecule has 9 heteroatoms. The van der Waals surface area contributed by atoms with Crippen molar-refractivity contribution in [1.82, 2.24) is 9.97 Å². The maximum absolute atomic E-state index is 13.9. The van der Waals surface area contributed by atoms with Gasteiger partial charge in [0, 0.05) is 5.56 Å². The Morgan fingerprint density at radius 1 is 1.29 bits per heavy atom. The summed E-state index contributed by atoms with van der Waals surface area (Å²) in [6, 6.07) is 3.13. The first-order valence-electron chi connectivity index (χ1n) is 7.14. The summed E-state index contributed by atoms with van der Waals surface area (Å²) < 4.78 is 45.7. The first kappa shape index (κ1) is 16.0. The SMILES string of the molecule is CC(Nc1ncc(F)c(N2CCOC2=O)n1)c1cccc(F)c1F. The summed E-state index contributed by atoms with van der Waals surface area (Å²) in [5, 5.41) is 2.76. The highest BCUT2D eigenvalue weighted by molar-refractivity contribution is 5.88. The van der Waals surface area contributed by atoms with Crippen molar-refractivity contribution < 1.29 is 22.7 Å². The van der Waals surface area contributed by atoms with Crippen LogP contribution in [0.25, 0.3) is 0 Å². The minimum Gasteiger partial charge on any atom is -0.447 e. The van der Waals surface area contributed by atoms with Gasteiger partial charge >= 0.3 is 6.09 Å². The van der Waals surface area contributed by atoms with Gasteiger partial charge in [-0.3, -0.25) is 4.90 Å². The number of hydrogen-bond acceptors (Lipinski definition) is 5. The molecule has 1 saturated heterocycles. The van der Waals surface area contributed by atoms with E-state index in [-0.39, 0.29) is 30.5 Å². The zero-order chi connectivity index (χ0) is 17.3. The fourth-order valence-electron chi connectivity index (χ4n) is 2.33. The molecule has 1 N–H and O–H groups in total. The van der Waals surface area contributed by atoms with Crippen LogP contribution in [0.3, 0.4) is 0 Å². The van der Waals surface area contributed by atoms with Crippen molar-refractivity contribution in [3.63, 3.8) is 0 Å². The first-order chi connectivity index (χ1) is 11.5. The number of carbonyl (C=O) groups excluding carboxylic acids is 1. The molecule has 24 heavy (non-hydrogen) atoms. The van der Waals surface area contributed by atoms with Crippen molar-refractivity contribution in [2.24, 2.45) is 0 Å². The molecule has 1 aromatic carbocycles. The first-order valence-corrected chi connectivity index (χ1v) is 7.14. The van der Waals surface area contributed by atoms with Gasteiger partial charge in [0.1, 0.15) is 6.61 Å². The molecule has 0 spiro atoms. The molecule has 3 rings (SSSR count). The minimum absolute atomic E-state index is 0.0257. The largest absolute Gasteiger partial charge is 0.447 e. The highest BCUT2D eigenvalue weighted by Crippen LogP contribution is 2.24. The molecule has 1 atom stereocenters. The summed E-state index contributed by atoms with van der Waals surface area (Å²) in [5.41, 5.74) is 0.0741. The van der Waals surface area contributed by atoms with Crippen LogP contribution >= 0.6 is 0 Å². The predicted molar refractivity (Wildman–Crippen MR) is 79.1 cm³/mol. The van der Waals surface area contributed by atoms with Crippen LogP contribution in [0.2, 0.25) is 0 Å². The number of benzene rings is 1. The summed E-state index contributed by atoms with van der Waals surface area (Å²) in [6.45, 7) is 1.88. The number of cyclic esters (lactones) is 1. The molecule has 1 aliphatic heterocycles. The van der Waals surface area contributed by atoms with Crippen molar-refractivity contribution in [3.8, 4) is 0 Å². The van der Waals surface area contributed by atoms with Gasteiger partial charge in [-0.2, -0.15) is 4.98 Å². The fourth-order valence-corrected chi connectivity index (χ4v) is 2.33. The summed E-state index contributed by atoms with van der Waals surface area (Å²) in [4.78, 5) is 20.3. The zero-order valence-electron chi connectivity index (χ0n) is 12.6. The van der Waals surface area contributed by atoms with E-state index in [0.29, 0.717) is 0 Å². The highest BCUT2D eigenvalue weighted by atomic mass is 19.2. The zero-order valence-corrected chi connectivity index (χ0v) is 12.6. The van der Waals surface area contributed by atoms with Gasteiger partial charge in [0.2, 0.25) is 5.95 Å². The topological polar surface area (TPSA) is 67.3 Å². The van der Waals surface area contributed by atoms with E-state index in [1.807, 2.05) is 0 Å². The third-order valence-corrected chi connectivity index (χ3v) is 3.54. The lowest BCUT2D eigenvalue weighted by atomic mass is 10.1. The summed E-state index contributed by atoms with van der Waals surface area (Å²) >= 11 is 0. The Labute approximate surface area is 135 Å². The molecule has 126 valence electrons. The molecule has 1 fully saturated rings. The standard InChI is InChI=1S/C15H13F3N4O2/c1-8(9-3-2-4-10(16)12(9)18)20-14-19-7-11(17)13(21-14)22-5-6-24-15(22)23/h2-4,7-8H,5-6H2,1H3,(H,19,20,21). The van der Waals surface area contributed by atoms with Gasteiger partial charge in [0.15, 0.2) is 23.3 Å². The number of hydrogen-bond donors (Lipinski definition) is 1. The van der Waals surface area contributed by atoms with Gasteiger partial charge in [-0.1, -0.05) is 12.1 Å². The highest BCUT2D eigenvalue weighted by Gasteiger charge is 2.28. The normalized spacial score (nSPS) is 15.3. The molecule has 0 bridgehead atoms. The monoisotopic (exact) mass is 338 g/mol. The quantitative estimate of drug-likeness (QED) is 0.928. The van der Waals surface area contributed by atoms with Crippen LogP contribution in [0.15, 0.2) is 24.4 Å². The molecular formula is C15H13F3N4O2. The molecule has 0 saturated carbocycles. The smallest absolute Gasteiger partial charge is 0.415 e. The van der Waals surface area contributed by atoms with Gasteiger partial charge in [0.25, 0.3) is 0 Å². The van der Waals surface area contributed by atoms with Gasteiger partial charge in [-0.15, -0.1) is 0 Å².